The Morgan fingerprint density at radius 1 is 0.947 bits per heavy atom. The summed E-state index contributed by atoms with van der Waals surface area (Å²) in [5, 5.41) is 19.4. The van der Waals surface area contributed by atoms with Gasteiger partial charge in [0.15, 0.2) is 0 Å². The Balaban J connectivity index is 2.35. The first-order chi connectivity index (χ1) is 9.22. The lowest BCUT2D eigenvalue weighted by Gasteiger charge is -2.19. The highest BCUT2D eigenvalue weighted by Gasteiger charge is 2.16. The van der Waals surface area contributed by atoms with Crippen LogP contribution in [0, 0.1) is 0 Å². The molecule has 0 aliphatic carbocycles. The zero-order valence-corrected chi connectivity index (χ0v) is 11.2. The van der Waals surface area contributed by atoms with Crippen LogP contribution in [0.15, 0.2) is 48.5 Å². The van der Waals surface area contributed by atoms with Gasteiger partial charge in [-0.25, -0.2) is 0 Å². The number of benzene rings is 2. The molecule has 0 aromatic heterocycles. The van der Waals surface area contributed by atoms with Gasteiger partial charge in [-0.15, -0.1) is 0 Å². The third kappa shape index (κ3) is 3.28. The number of para-hydroxylation sites is 1. The van der Waals surface area contributed by atoms with E-state index in [0.717, 1.165) is 30.4 Å². The van der Waals surface area contributed by atoms with Gasteiger partial charge in [0.1, 0.15) is 11.5 Å². The van der Waals surface area contributed by atoms with Crippen LogP contribution in [0.1, 0.15) is 43.2 Å². The van der Waals surface area contributed by atoms with Gasteiger partial charge in [0, 0.05) is 11.5 Å². The van der Waals surface area contributed by atoms with E-state index in [4.69, 9.17) is 0 Å². The van der Waals surface area contributed by atoms with Gasteiger partial charge in [0.25, 0.3) is 0 Å². The number of rotatable bonds is 5. The molecule has 2 nitrogen and oxygen atoms in total. The molecule has 0 saturated carbocycles. The van der Waals surface area contributed by atoms with Crippen LogP contribution in [0.5, 0.6) is 11.5 Å². The average molecular weight is 256 g/mol. The Hall–Kier alpha value is -1.96. The number of aromatic hydroxyl groups is 2. The molecule has 0 saturated heterocycles. The molecule has 2 rings (SSSR count). The van der Waals surface area contributed by atoms with Crippen LogP contribution in [0.2, 0.25) is 0 Å². The fourth-order valence-electron chi connectivity index (χ4n) is 2.40. The van der Waals surface area contributed by atoms with E-state index in [1.54, 1.807) is 18.2 Å². The molecular formula is C17H20O2. The van der Waals surface area contributed by atoms with Gasteiger partial charge in [-0.05, 0) is 30.2 Å². The van der Waals surface area contributed by atoms with Crippen LogP contribution in [-0.4, -0.2) is 10.2 Å². The maximum absolute atomic E-state index is 10.0. The summed E-state index contributed by atoms with van der Waals surface area (Å²) >= 11 is 0. The molecule has 1 unspecified atom stereocenters. The molecule has 19 heavy (non-hydrogen) atoms. The highest BCUT2D eigenvalue weighted by molar-refractivity contribution is 5.42. The van der Waals surface area contributed by atoms with Crippen molar-refractivity contribution >= 4 is 0 Å². The summed E-state index contributed by atoms with van der Waals surface area (Å²) < 4.78 is 0. The van der Waals surface area contributed by atoms with E-state index >= 15 is 0 Å². The zero-order valence-electron chi connectivity index (χ0n) is 11.2. The molecule has 0 aliphatic heterocycles. The number of unbranched alkanes of at least 4 members (excludes halogenated alkanes) is 1. The van der Waals surface area contributed by atoms with Gasteiger partial charge >= 0.3 is 0 Å². The lowest BCUT2D eigenvalue weighted by molar-refractivity contribution is 0.461. The summed E-state index contributed by atoms with van der Waals surface area (Å²) in [6, 6.07) is 14.8. The molecule has 2 heteroatoms. The van der Waals surface area contributed by atoms with Crippen molar-refractivity contribution < 1.29 is 10.2 Å². The van der Waals surface area contributed by atoms with E-state index in [-0.39, 0.29) is 11.7 Å². The SMILES string of the molecule is CCCCC(c1ccc(O)cc1)c1ccccc1O. The van der Waals surface area contributed by atoms with Gasteiger partial charge in [-0.1, -0.05) is 50.1 Å². The van der Waals surface area contributed by atoms with Crippen LogP contribution in [0.3, 0.4) is 0 Å². The van der Waals surface area contributed by atoms with E-state index in [0.29, 0.717) is 5.75 Å². The number of hydrogen-bond donors (Lipinski definition) is 2. The van der Waals surface area contributed by atoms with Crippen LogP contribution in [0.25, 0.3) is 0 Å². The highest BCUT2D eigenvalue weighted by Crippen LogP contribution is 2.35. The van der Waals surface area contributed by atoms with Crippen molar-refractivity contribution in [2.24, 2.45) is 0 Å². The van der Waals surface area contributed by atoms with Crippen molar-refractivity contribution in [1.82, 2.24) is 0 Å². The fourth-order valence-corrected chi connectivity index (χ4v) is 2.40. The maximum Gasteiger partial charge on any atom is 0.119 e. The summed E-state index contributed by atoms with van der Waals surface area (Å²) in [7, 11) is 0. The Kier molecular flexibility index (Phi) is 4.45. The number of phenolic OH excluding ortho intramolecular Hbond substituents is 2. The average Bonchev–Trinajstić information content (AvgIpc) is 2.43. The third-order valence-electron chi connectivity index (χ3n) is 3.45. The maximum atomic E-state index is 10.0. The summed E-state index contributed by atoms with van der Waals surface area (Å²) in [5.41, 5.74) is 2.09. The summed E-state index contributed by atoms with van der Waals surface area (Å²) in [4.78, 5) is 0. The van der Waals surface area contributed by atoms with Gasteiger partial charge in [0.2, 0.25) is 0 Å². The largest absolute Gasteiger partial charge is 0.508 e. The van der Waals surface area contributed by atoms with Gasteiger partial charge in [-0.2, -0.15) is 0 Å². The lowest BCUT2D eigenvalue weighted by atomic mass is 9.86. The molecule has 0 bridgehead atoms. The molecule has 0 radical (unpaired) electrons. The van der Waals surface area contributed by atoms with E-state index in [1.807, 2.05) is 30.3 Å². The van der Waals surface area contributed by atoms with E-state index < -0.39 is 0 Å². The minimum Gasteiger partial charge on any atom is -0.508 e. The predicted molar refractivity (Wildman–Crippen MR) is 77.6 cm³/mol. The quantitative estimate of drug-likeness (QED) is 0.831. The van der Waals surface area contributed by atoms with E-state index in [9.17, 15) is 10.2 Å². The van der Waals surface area contributed by atoms with Crippen molar-refractivity contribution in [3.8, 4) is 11.5 Å². The first-order valence-corrected chi connectivity index (χ1v) is 6.79. The van der Waals surface area contributed by atoms with Gasteiger partial charge < -0.3 is 10.2 Å². The Bertz CT molecular complexity index is 517. The van der Waals surface area contributed by atoms with Crippen LogP contribution >= 0.6 is 0 Å². The number of phenols is 2. The normalized spacial score (nSPS) is 12.3. The molecule has 1 atom stereocenters. The third-order valence-corrected chi connectivity index (χ3v) is 3.45. The van der Waals surface area contributed by atoms with Crippen LogP contribution in [0.4, 0.5) is 0 Å². The predicted octanol–water partition coefficient (Wildman–Crippen LogP) is 4.42. The van der Waals surface area contributed by atoms with Crippen LogP contribution < -0.4 is 0 Å². The fraction of sp³-hybridized carbons (Fsp3) is 0.294. The second kappa shape index (κ2) is 6.28. The summed E-state index contributed by atoms with van der Waals surface area (Å²) in [6.07, 6.45) is 3.24. The minimum absolute atomic E-state index is 0.182. The van der Waals surface area contributed by atoms with Crippen LogP contribution in [-0.2, 0) is 0 Å². The smallest absolute Gasteiger partial charge is 0.119 e. The Morgan fingerprint density at radius 3 is 2.26 bits per heavy atom. The van der Waals surface area contributed by atoms with E-state index in [2.05, 4.69) is 6.92 Å². The summed E-state index contributed by atoms with van der Waals surface area (Å²) in [6.45, 7) is 2.17. The molecule has 0 heterocycles. The monoisotopic (exact) mass is 256 g/mol. The molecule has 100 valence electrons. The van der Waals surface area contributed by atoms with Crippen molar-refractivity contribution in [1.29, 1.82) is 0 Å². The molecular weight excluding hydrogens is 236 g/mol. The first kappa shape index (κ1) is 13.5. The molecule has 2 N–H and O–H groups in total. The van der Waals surface area contributed by atoms with Gasteiger partial charge in [0.05, 0.1) is 0 Å². The van der Waals surface area contributed by atoms with Crippen molar-refractivity contribution in [2.75, 3.05) is 0 Å². The standard InChI is InChI=1S/C17H20O2/c1-2-3-6-15(13-9-11-14(18)12-10-13)16-7-4-5-8-17(16)19/h4-5,7-12,15,18-19H,2-3,6H2,1H3. The number of hydrogen-bond acceptors (Lipinski definition) is 2. The second-order valence-corrected chi connectivity index (χ2v) is 4.85. The molecule has 0 spiro atoms. The van der Waals surface area contributed by atoms with Crippen molar-refractivity contribution in [3.63, 3.8) is 0 Å². The highest BCUT2D eigenvalue weighted by atomic mass is 16.3. The van der Waals surface area contributed by atoms with Gasteiger partial charge in [-0.3, -0.25) is 0 Å². The molecule has 0 fully saturated rings. The summed E-state index contributed by atoms with van der Waals surface area (Å²) in [5.74, 6) is 0.800. The topological polar surface area (TPSA) is 40.5 Å². The molecule has 0 amide bonds. The zero-order chi connectivity index (χ0) is 13.7. The second-order valence-electron chi connectivity index (χ2n) is 4.85. The molecule has 0 aliphatic rings. The van der Waals surface area contributed by atoms with Crippen molar-refractivity contribution in [3.05, 3.63) is 59.7 Å². The molecule has 2 aromatic carbocycles. The lowest BCUT2D eigenvalue weighted by Crippen LogP contribution is -2.01. The van der Waals surface area contributed by atoms with E-state index in [1.165, 1.54) is 0 Å². The first-order valence-electron chi connectivity index (χ1n) is 6.79. The molecule has 2 aromatic rings. The minimum atomic E-state index is 0.182. The Morgan fingerprint density at radius 2 is 1.63 bits per heavy atom. The Labute approximate surface area is 114 Å². The van der Waals surface area contributed by atoms with Crippen molar-refractivity contribution in [2.45, 2.75) is 32.1 Å².